The number of likely N-dealkylation sites (N-methyl/N-ethyl adjacent to an activating group) is 1. The average molecular weight is 254 g/mol. The van der Waals surface area contributed by atoms with Crippen LogP contribution in [0.5, 0.6) is 0 Å². The standard InChI is InChI=1S/C13H16F2N2O/c1-16-3-2-4-17(6-5-16)13(18)10-7-11(14)9-12(15)8-10/h7-9H,2-6H2,1H3. The van der Waals surface area contributed by atoms with Crippen molar-refractivity contribution in [3.8, 4) is 0 Å². The predicted molar refractivity (Wildman–Crippen MR) is 64.4 cm³/mol. The van der Waals surface area contributed by atoms with Gasteiger partial charge >= 0.3 is 0 Å². The lowest BCUT2D eigenvalue weighted by molar-refractivity contribution is 0.0762. The maximum atomic E-state index is 13.1. The van der Waals surface area contributed by atoms with E-state index in [1.54, 1.807) is 4.90 Å². The zero-order chi connectivity index (χ0) is 13.1. The first-order chi connectivity index (χ1) is 8.56. The van der Waals surface area contributed by atoms with Gasteiger partial charge in [-0.1, -0.05) is 0 Å². The van der Waals surface area contributed by atoms with Crippen LogP contribution < -0.4 is 0 Å². The zero-order valence-corrected chi connectivity index (χ0v) is 10.3. The summed E-state index contributed by atoms with van der Waals surface area (Å²) >= 11 is 0. The minimum Gasteiger partial charge on any atom is -0.337 e. The molecule has 1 aromatic rings. The van der Waals surface area contributed by atoms with Gasteiger partial charge in [0.1, 0.15) is 11.6 Å². The molecule has 5 heteroatoms. The van der Waals surface area contributed by atoms with Crippen LogP contribution in [0.4, 0.5) is 8.78 Å². The average Bonchev–Trinajstić information content (AvgIpc) is 2.52. The highest BCUT2D eigenvalue weighted by Crippen LogP contribution is 2.12. The summed E-state index contributed by atoms with van der Waals surface area (Å²) in [5.41, 5.74) is 0.0806. The summed E-state index contributed by atoms with van der Waals surface area (Å²) in [6.45, 7) is 2.93. The van der Waals surface area contributed by atoms with Crippen LogP contribution in [0.3, 0.4) is 0 Å². The number of benzene rings is 1. The molecule has 0 atom stereocenters. The summed E-state index contributed by atoms with van der Waals surface area (Å²) in [4.78, 5) is 15.9. The van der Waals surface area contributed by atoms with Gasteiger partial charge in [-0.2, -0.15) is 0 Å². The van der Waals surface area contributed by atoms with Gasteiger partial charge in [0.05, 0.1) is 0 Å². The summed E-state index contributed by atoms with van der Waals surface area (Å²) < 4.78 is 26.2. The van der Waals surface area contributed by atoms with E-state index in [1.165, 1.54) is 0 Å². The van der Waals surface area contributed by atoms with E-state index >= 15 is 0 Å². The van der Waals surface area contributed by atoms with Gasteiger partial charge in [-0.25, -0.2) is 8.78 Å². The van der Waals surface area contributed by atoms with Gasteiger partial charge in [-0.15, -0.1) is 0 Å². The molecule has 2 rings (SSSR count). The van der Waals surface area contributed by atoms with Crippen LogP contribution in [0, 0.1) is 11.6 Å². The number of nitrogens with zero attached hydrogens (tertiary/aromatic N) is 2. The Hall–Kier alpha value is -1.49. The van der Waals surface area contributed by atoms with Gasteiger partial charge in [0.25, 0.3) is 5.91 Å². The molecule has 0 bridgehead atoms. The number of carbonyl (C=O) groups excluding carboxylic acids is 1. The van der Waals surface area contributed by atoms with Crippen LogP contribution >= 0.6 is 0 Å². The Morgan fingerprint density at radius 2 is 1.72 bits per heavy atom. The van der Waals surface area contributed by atoms with E-state index in [9.17, 15) is 13.6 Å². The minimum atomic E-state index is -0.717. The molecule has 0 saturated carbocycles. The SMILES string of the molecule is CN1CCCN(C(=O)c2cc(F)cc(F)c2)CC1. The number of rotatable bonds is 1. The van der Waals surface area contributed by atoms with Gasteiger partial charge in [0, 0.05) is 31.3 Å². The van der Waals surface area contributed by atoms with Crippen LogP contribution in [0.25, 0.3) is 0 Å². The fraction of sp³-hybridized carbons (Fsp3) is 0.462. The van der Waals surface area contributed by atoms with Crippen molar-refractivity contribution in [3.63, 3.8) is 0 Å². The van der Waals surface area contributed by atoms with Crippen molar-refractivity contribution < 1.29 is 13.6 Å². The van der Waals surface area contributed by atoms with Crippen molar-refractivity contribution >= 4 is 5.91 Å². The largest absolute Gasteiger partial charge is 0.337 e. The van der Waals surface area contributed by atoms with Gasteiger partial charge in [-0.3, -0.25) is 4.79 Å². The third kappa shape index (κ3) is 3.04. The van der Waals surface area contributed by atoms with Gasteiger partial charge in [-0.05, 0) is 32.1 Å². The van der Waals surface area contributed by atoms with E-state index in [2.05, 4.69) is 4.90 Å². The molecule has 98 valence electrons. The molecule has 0 aromatic heterocycles. The van der Waals surface area contributed by atoms with E-state index in [1.807, 2.05) is 7.05 Å². The molecule has 1 amide bonds. The fourth-order valence-electron chi connectivity index (χ4n) is 2.11. The Morgan fingerprint density at radius 1 is 1.06 bits per heavy atom. The normalized spacial score (nSPS) is 17.6. The molecule has 0 unspecified atom stereocenters. The minimum absolute atomic E-state index is 0.0806. The van der Waals surface area contributed by atoms with E-state index < -0.39 is 11.6 Å². The molecule has 1 saturated heterocycles. The third-order valence-corrected chi connectivity index (χ3v) is 3.12. The highest BCUT2D eigenvalue weighted by molar-refractivity contribution is 5.94. The quantitative estimate of drug-likeness (QED) is 0.762. The number of hydrogen-bond acceptors (Lipinski definition) is 2. The van der Waals surface area contributed by atoms with Crippen LogP contribution in [0.15, 0.2) is 18.2 Å². The first-order valence-corrected chi connectivity index (χ1v) is 6.00. The Balaban J connectivity index is 2.14. The van der Waals surface area contributed by atoms with Gasteiger partial charge in [0.2, 0.25) is 0 Å². The Kier molecular flexibility index (Phi) is 3.91. The topological polar surface area (TPSA) is 23.6 Å². The smallest absolute Gasteiger partial charge is 0.254 e. The summed E-state index contributed by atoms with van der Waals surface area (Å²) in [6, 6.07) is 2.94. The molecule has 1 fully saturated rings. The summed E-state index contributed by atoms with van der Waals surface area (Å²) in [7, 11) is 2.00. The Morgan fingerprint density at radius 3 is 2.39 bits per heavy atom. The second kappa shape index (κ2) is 5.44. The maximum absolute atomic E-state index is 13.1. The molecular formula is C13H16F2N2O. The maximum Gasteiger partial charge on any atom is 0.254 e. The lowest BCUT2D eigenvalue weighted by Crippen LogP contribution is -2.34. The molecule has 0 N–H and O–H groups in total. The predicted octanol–water partition coefficient (Wildman–Crippen LogP) is 1.74. The number of hydrogen-bond donors (Lipinski definition) is 0. The second-order valence-corrected chi connectivity index (χ2v) is 4.61. The number of carbonyl (C=O) groups is 1. The van der Waals surface area contributed by atoms with Gasteiger partial charge < -0.3 is 9.80 Å². The van der Waals surface area contributed by atoms with E-state index in [0.29, 0.717) is 13.1 Å². The molecule has 0 aliphatic carbocycles. The second-order valence-electron chi connectivity index (χ2n) is 4.61. The molecule has 1 heterocycles. The van der Waals surface area contributed by atoms with Crippen molar-refractivity contribution in [2.45, 2.75) is 6.42 Å². The summed E-state index contributed by atoms with van der Waals surface area (Å²) in [5, 5.41) is 0. The molecule has 1 aliphatic heterocycles. The van der Waals surface area contributed by atoms with Crippen molar-refractivity contribution in [2.75, 3.05) is 33.2 Å². The van der Waals surface area contributed by atoms with Gasteiger partial charge in [0.15, 0.2) is 0 Å². The third-order valence-electron chi connectivity index (χ3n) is 3.12. The monoisotopic (exact) mass is 254 g/mol. The Bertz CT molecular complexity index is 430. The summed E-state index contributed by atoms with van der Waals surface area (Å²) in [5.74, 6) is -1.74. The lowest BCUT2D eigenvalue weighted by Gasteiger charge is -2.20. The fourth-order valence-corrected chi connectivity index (χ4v) is 2.11. The van der Waals surface area contributed by atoms with Crippen molar-refractivity contribution in [3.05, 3.63) is 35.4 Å². The molecule has 1 aromatic carbocycles. The molecule has 1 aliphatic rings. The van der Waals surface area contributed by atoms with Crippen molar-refractivity contribution in [1.29, 1.82) is 0 Å². The number of halogens is 2. The van der Waals surface area contributed by atoms with Crippen LogP contribution in [0.1, 0.15) is 16.8 Å². The first kappa shape index (κ1) is 13.0. The molecular weight excluding hydrogens is 238 g/mol. The number of amides is 1. The van der Waals surface area contributed by atoms with E-state index in [-0.39, 0.29) is 11.5 Å². The first-order valence-electron chi connectivity index (χ1n) is 6.00. The van der Waals surface area contributed by atoms with Crippen molar-refractivity contribution in [2.24, 2.45) is 0 Å². The van der Waals surface area contributed by atoms with Crippen LogP contribution in [0.2, 0.25) is 0 Å². The van der Waals surface area contributed by atoms with E-state index in [4.69, 9.17) is 0 Å². The van der Waals surface area contributed by atoms with Crippen molar-refractivity contribution in [1.82, 2.24) is 9.80 Å². The molecule has 0 spiro atoms. The molecule has 18 heavy (non-hydrogen) atoms. The summed E-state index contributed by atoms with van der Waals surface area (Å²) in [6.07, 6.45) is 0.875. The Labute approximate surface area is 105 Å². The van der Waals surface area contributed by atoms with Crippen LogP contribution in [-0.4, -0.2) is 48.9 Å². The highest BCUT2D eigenvalue weighted by atomic mass is 19.1. The van der Waals surface area contributed by atoms with E-state index in [0.717, 1.165) is 37.7 Å². The lowest BCUT2D eigenvalue weighted by atomic mass is 10.2. The highest BCUT2D eigenvalue weighted by Gasteiger charge is 2.19. The molecule has 3 nitrogen and oxygen atoms in total. The van der Waals surface area contributed by atoms with Crippen LogP contribution in [-0.2, 0) is 0 Å². The zero-order valence-electron chi connectivity index (χ0n) is 10.3. The molecule has 0 radical (unpaired) electrons.